The number of methoxy groups -OCH3 is 1. The number of piperidine rings is 1. The molecule has 3 fully saturated rings. The van der Waals surface area contributed by atoms with E-state index in [2.05, 4.69) is 0 Å². The fourth-order valence-corrected chi connectivity index (χ4v) is 9.94. The SMILES string of the molecule is CO[C@H]1C[C@@H]2CC[C@@H](C)[C@@](O)(O2)C(=O)C(=O)N2CCCC[C@H]2C(=O)O[C@H]([C@H](C)C[C@H]2CC[C@@H](O)[C@H](C)C2)CC(=O)[C@H](C)/C=C(\C)[C@@H](O)[C@@H](O)C(=O)[C@H](C)C[C@H](C)/C=C/C=CC=C1C. The molecule has 0 aromatic carbocycles. The first-order chi connectivity index (χ1) is 29.7. The molecular formula is C50H77NO12. The van der Waals surface area contributed by atoms with Gasteiger partial charge in [-0.2, -0.15) is 0 Å². The molecule has 0 aromatic rings. The molecule has 0 radical (unpaired) electrons. The molecule has 15 atom stereocenters. The summed E-state index contributed by atoms with van der Waals surface area (Å²) in [6, 6.07) is -1.13. The maximum absolute atomic E-state index is 14.3. The number of Topliss-reactive ketones (excluding diaryl/α,β-unsaturated/α-hetero) is 3. The van der Waals surface area contributed by atoms with Crippen molar-refractivity contribution >= 4 is 29.2 Å². The van der Waals surface area contributed by atoms with Crippen molar-refractivity contribution in [2.24, 2.45) is 41.4 Å². The number of nitrogens with zero attached hydrogens (tertiary/aromatic N) is 1. The van der Waals surface area contributed by atoms with Crippen molar-refractivity contribution in [1.82, 2.24) is 4.90 Å². The van der Waals surface area contributed by atoms with Crippen molar-refractivity contribution in [1.29, 1.82) is 0 Å². The number of carbonyl (C=O) groups is 5. The van der Waals surface area contributed by atoms with Crippen molar-refractivity contribution in [2.45, 2.75) is 181 Å². The number of amides is 1. The molecule has 1 saturated carbocycles. The van der Waals surface area contributed by atoms with Gasteiger partial charge in [-0.15, -0.1) is 0 Å². The van der Waals surface area contributed by atoms with Crippen LogP contribution < -0.4 is 0 Å². The average molecular weight is 884 g/mol. The minimum atomic E-state index is -2.42. The van der Waals surface area contributed by atoms with E-state index in [-0.39, 0.29) is 60.5 Å². The summed E-state index contributed by atoms with van der Waals surface area (Å²) in [6.07, 6.45) is 11.1. The zero-order valence-corrected chi connectivity index (χ0v) is 39.2. The molecule has 4 rings (SSSR count). The van der Waals surface area contributed by atoms with E-state index in [0.29, 0.717) is 51.4 Å². The van der Waals surface area contributed by atoms with Crippen LogP contribution in [0.4, 0.5) is 0 Å². The second-order valence-electron chi connectivity index (χ2n) is 19.6. The Balaban J connectivity index is 1.68. The summed E-state index contributed by atoms with van der Waals surface area (Å²) in [5.41, 5.74) is 1.13. The van der Waals surface area contributed by atoms with Crippen LogP contribution in [0.1, 0.15) is 132 Å². The van der Waals surface area contributed by atoms with Gasteiger partial charge >= 0.3 is 5.97 Å². The van der Waals surface area contributed by atoms with Crippen molar-refractivity contribution < 1.29 is 58.6 Å². The molecule has 4 N–H and O–H groups in total. The highest BCUT2D eigenvalue weighted by atomic mass is 16.6. The number of allylic oxidation sites excluding steroid dienone is 6. The van der Waals surface area contributed by atoms with Crippen LogP contribution in [0.15, 0.2) is 47.6 Å². The second kappa shape index (κ2) is 23.7. The number of ether oxygens (including phenoxy) is 3. The average Bonchev–Trinajstić information content (AvgIpc) is 3.25. The molecule has 3 heterocycles. The second-order valence-corrected chi connectivity index (χ2v) is 19.6. The lowest BCUT2D eigenvalue weighted by molar-refractivity contribution is -0.265. The minimum absolute atomic E-state index is 0.0301. The standard InChI is InChI=1S/C50H77NO12/c1-29-15-11-10-12-16-30(2)42(61-9)27-38-20-18-36(8)50(60,63-38)47(57)48(58)51-22-14-13-17-39(51)49(59)62-43(33(5)26-37-19-21-40(52)32(4)25-37)28-41(53)31(3)24-35(7)45(55)46(56)44(54)34(6)23-29/h10-12,15-16,24,29,31-34,36-40,42-43,45-46,52,55-56,60H,13-14,17-23,25-28H2,1-9H3/b12-10?,15-11+,30-16?,35-24+/t29-,31-,32-,33-,34-,36-,37+,38+,39+,40-,42+,43+,45-,46+,50-/m1/s1. The molecule has 0 spiro atoms. The van der Waals surface area contributed by atoms with Crippen molar-refractivity contribution in [3.8, 4) is 0 Å². The Hall–Kier alpha value is -3.33. The minimum Gasteiger partial charge on any atom is -0.460 e. The van der Waals surface area contributed by atoms with E-state index in [4.69, 9.17) is 14.2 Å². The molecule has 2 saturated heterocycles. The van der Waals surface area contributed by atoms with Gasteiger partial charge in [-0.3, -0.25) is 19.2 Å². The van der Waals surface area contributed by atoms with Gasteiger partial charge in [0.05, 0.1) is 18.3 Å². The van der Waals surface area contributed by atoms with Crippen molar-refractivity contribution in [2.75, 3.05) is 13.7 Å². The maximum atomic E-state index is 14.3. The van der Waals surface area contributed by atoms with Crippen LogP contribution in [0, 0.1) is 41.4 Å². The molecule has 4 aliphatic rings. The van der Waals surface area contributed by atoms with E-state index < -0.39 is 83.5 Å². The maximum Gasteiger partial charge on any atom is 0.329 e. The molecule has 13 heteroatoms. The van der Waals surface area contributed by atoms with Crippen LogP contribution in [0.25, 0.3) is 0 Å². The van der Waals surface area contributed by atoms with E-state index in [1.54, 1.807) is 34.8 Å². The van der Waals surface area contributed by atoms with Gasteiger partial charge in [0.15, 0.2) is 5.78 Å². The zero-order valence-electron chi connectivity index (χ0n) is 39.2. The Morgan fingerprint density at radius 2 is 1.57 bits per heavy atom. The summed E-state index contributed by atoms with van der Waals surface area (Å²) >= 11 is 0. The van der Waals surface area contributed by atoms with Gasteiger partial charge in [0, 0.05) is 44.2 Å². The Morgan fingerprint density at radius 3 is 2.25 bits per heavy atom. The molecule has 63 heavy (non-hydrogen) atoms. The Morgan fingerprint density at radius 1 is 0.857 bits per heavy atom. The van der Waals surface area contributed by atoms with E-state index in [9.17, 15) is 44.4 Å². The summed E-state index contributed by atoms with van der Waals surface area (Å²) in [6.45, 7) is 14.5. The highest BCUT2D eigenvalue weighted by molar-refractivity contribution is 6.39. The van der Waals surface area contributed by atoms with Gasteiger partial charge in [0.25, 0.3) is 11.7 Å². The van der Waals surface area contributed by atoms with Gasteiger partial charge in [-0.1, -0.05) is 78.0 Å². The van der Waals surface area contributed by atoms with Gasteiger partial charge in [0.2, 0.25) is 5.79 Å². The van der Waals surface area contributed by atoms with E-state index in [0.717, 1.165) is 18.4 Å². The smallest absolute Gasteiger partial charge is 0.329 e. The van der Waals surface area contributed by atoms with Crippen LogP contribution in [-0.2, 0) is 38.2 Å². The summed E-state index contributed by atoms with van der Waals surface area (Å²) in [7, 11) is 1.57. The van der Waals surface area contributed by atoms with Gasteiger partial charge in [-0.25, -0.2) is 4.79 Å². The quantitative estimate of drug-likeness (QED) is 0.143. The number of aliphatic hydroxyl groups is 4. The van der Waals surface area contributed by atoms with Crippen LogP contribution in [0.2, 0.25) is 0 Å². The number of aliphatic hydroxyl groups excluding tert-OH is 3. The molecular weight excluding hydrogens is 807 g/mol. The molecule has 0 aromatic heterocycles. The number of hydrogen-bond donors (Lipinski definition) is 4. The van der Waals surface area contributed by atoms with E-state index in [1.807, 2.05) is 58.1 Å². The monoisotopic (exact) mass is 884 g/mol. The third kappa shape index (κ3) is 13.8. The Bertz CT molecular complexity index is 1720. The summed E-state index contributed by atoms with van der Waals surface area (Å²) in [5, 5.41) is 44.4. The third-order valence-electron chi connectivity index (χ3n) is 14.3. The first-order valence-corrected chi connectivity index (χ1v) is 23.5. The van der Waals surface area contributed by atoms with Crippen molar-refractivity contribution in [3.05, 3.63) is 47.6 Å². The molecule has 13 nitrogen and oxygen atoms in total. The van der Waals surface area contributed by atoms with Crippen molar-refractivity contribution in [3.63, 3.8) is 0 Å². The van der Waals surface area contributed by atoms with Gasteiger partial charge in [-0.05, 0) is 113 Å². The highest BCUT2D eigenvalue weighted by Crippen LogP contribution is 2.38. The first kappa shape index (κ1) is 52.3. The molecule has 1 amide bonds. The molecule has 2 bridgehead atoms. The number of rotatable bonds is 4. The molecule has 1 aliphatic carbocycles. The summed E-state index contributed by atoms with van der Waals surface area (Å²) < 4.78 is 18.2. The van der Waals surface area contributed by atoms with E-state index in [1.165, 1.54) is 11.0 Å². The largest absolute Gasteiger partial charge is 0.460 e. The van der Waals surface area contributed by atoms with Gasteiger partial charge in [0.1, 0.15) is 30.1 Å². The lowest BCUT2D eigenvalue weighted by Crippen LogP contribution is -2.61. The van der Waals surface area contributed by atoms with Gasteiger partial charge < -0.3 is 39.5 Å². The molecule has 0 unspecified atom stereocenters. The predicted molar refractivity (Wildman–Crippen MR) is 239 cm³/mol. The number of fused-ring (bicyclic) bond motifs is 3. The number of ketones is 3. The summed E-state index contributed by atoms with van der Waals surface area (Å²) in [4.78, 5) is 71.1. The van der Waals surface area contributed by atoms with Crippen LogP contribution in [0.5, 0.6) is 0 Å². The topological polar surface area (TPSA) is 197 Å². The first-order valence-electron chi connectivity index (χ1n) is 23.5. The Labute approximate surface area is 375 Å². The summed E-state index contributed by atoms with van der Waals surface area (Å²) in [5.74, 6) is -8.19. The molecule has 354 valence electrons. The number of carbonyl (C=O) groups excluding carboxylic acids is 5. The normalized spacial score (nSPS) is 40.0. The number of esters is 1. The highest BCUT2D eigenvalue weighted by Gasteiger charge is 2.53. The van der Waals surface area contributed by atoms with Crippen LogP contribution in [-0.4, -0.2) is 117 Å². The lowest BCUT2D eigenvalue weighted by atomic mass is 9.75. The van der Waals surface area contributed by atoms with E-state index >= 15 is 0 Å². The fourth-order valence-electron chi connectivity index (χ4n) is 9.94. The fraction of sp³-hybridized carbons (Fsp3) is 0.740. The number of cyclic esters (lactones) is 1. The number of hydrogen-bond acceptors (Lipinski definition) is 12. The predicted octanol–water partition coefficient (Wildman–Crippen LogP) is 6.15. The lowest BCUT2D eigenvalue weighted by Gasteiger charge is -2.42. The molecule has 3 aliphatic heterocycles. The third-order valence-corrected chi connectivity index (χ3v) is 14.3. The zero-order chi connectivity index (χ0) is 46.8. The van der Waals surface area contributed by atoms with Crippen LogP contribution in [0.3, 0.4) is 0 Å². The Kier molecular flexibility index (Phi) is 19.7. The van der Waals surface area contributed by atoms with Crippen LogP contribution >= 0.6 is 0 Å².